The van der Waals surface area contributed by atoms with Crippen LogP contribution in [0.1, 0.15) is 23.2 Å². The molecule has 0 unspecified atom stereocenters. The normalized spacial score (nSPS) is 13.9. The second-order valence-electron chi connectivity index (χ2n) is 4.42. The van der Waals surface area contributed by atoms with Crippen LogP contribution in [0.4, 0.5) is 4.79 Å². The number of benzene rings is 1. The van der Waals surface area contributed by atoms with Gasteiger partial charge < -0.3 is 15.5 Å². The van der Waals surface area contributed by atoms with Gasteiger partial charge in [-0.25, -0.2) is 4.79 Å². The molecule has 1 aliphatic carbocycles. The molecule has 0 aliphatic heterocycles. The lowest BCUT2D eigenvalue weighted by molar-refractivity contribution is 0.150. The molecule has 0 saturated heterocycles. The Labute approximate surface area is 98.8 Å². The summed E-state index contributed by atoms with van der Waals surface area (Å²) in [6, 6.07) is 6.07. The molecule has 0 fully saturated rings. The van der Waals surface area contributed by atoms with Gasteiger partial charge in [-0.3, -0.25) is 0 Å². The summed E-state index contributed by atoms with van der Waals surface area (Å²) in [7, 11) is 0. The van der Waals surface area contributed by atoms with Crippen molar-refractivity contribution < 1.29 is 9.53 Å². The van der Waals surface area contributed by atoms with Gasteiger partial charge in [0.25, 0.3) is 0 Å². The molecule has 0 saturated carbocycles. The lowest BCUT2D eigenvalue weighted by atomic mass is 10.1. The summed E-state index contributed by atoms with van der Waals surface area (Å²) in [5.74, 6) is 0. The van der Waals surface area contributed by atoms with Crippen LogP contribution < -0.4 is 5.73 Å². The molecule has 17 heavy (non-hydrogen) atoms. The number of aromatic amines is 1. The lowest BCUT2D eigenvalue weighted by Crippen LogP contribution is -2.12. The van der Waals surface area contributed by atoms with E-state index in [9.17, 15) is 4.79 Å². The first-order valence-corrected chi connectivity index (χ1v) is 5.78. The number of rotatable bonds is 2. The molecule has 0 spiro atoms. The molecule has 1 aliphatic rings. The summed E-state index contributed by atoms with van der Waals surface area (Å²) in [5, 5.41) is 1.25. The quantitative estimate of drug-likeness (QED) is 0.830. The third kappa shape index (κ3) is 1.75. The predicted octanol–water partition coefficient (Wildman–Crippen LogP) is 2.25. The molecule has 3 N–H and O–H groups in total. The highest BCUT2D eigenvalue weighted by Gasteiger charge is 2.16. The summed E-state index contributed by atoms with van der Waals surface area (Å²) in [5.41, 5.74) is 9.87. The number of H-pyrrole nitrogens is 1. The summed E-state index contributed by atoms with van der Waals surface area (Å²) in [6.45, 7) is 0.241. The summed E-state index contributed by atoms with van der Waals surface area (Å²) < 4.78 is 4.80. The standard InChI is InChI=1S/C13H14N2O2/c14-13(16)17-7-8-4-5-12-10(6-8)9-2-1-3-11(9)15-12/h4-6,15H,1-3,7H2,(H2,14,16). The van der Waals surface area contributed by atoms with Gasteiger partial charge in [0, 0.05) is 16.6 Å². The zero-order valence-corrected chi connectivity index (χ0v) is 9.45. The van der Waals surface area contributed by atoms with Crippen molar-refractivity contribution in [1.82, 2.24) is 4.98 Å². The van der Waals surface area contributed by atoms with Gasteiger partial charge in [0.15, 0.2) is 0 Å². The number of amides is 1. The Hall–Kier alpha value is -1.97. The molecule has 1 amide bonds. The lowest BCUT2D eigenvalue weighted by Gasteiger charge is -2.02. The van der Waals surface area contributed by atoms with E-state index in [-0.39, 0.29) is 6.61 Å². The van der Waals surface area contributed by atoms with Crippen molar-refractivity contribution in [3.8, 4) is 0 Å². The largest absolute Gasteiger partial charge is 0.445 e. The van der Waals surface area contributed by atoms with Gasteiger partial charge in [0.2, 0.25) is 0 Å². The van der Waals surface area contributed by atoms with Crippen LogP contribution in [0.25, 0.3) is 10.9 Å². The Balaban J connectivity index is 1.97. The number of nitrogens with two attached hydrogens (primary N) is 1. The third-order valence-corrected chi connectivity index (χ3v) is 3.29. The van der Waals surface area contributed by atoms with Crippen LogP contribution in [0.3, 0.4) is 0 Å². The summed E-state index contributed by atoms with van der Waals surface area (Å²) in [6.07, 6.45) is 2.76. The minimum absolute atomic E-state index is 0.241. The fraction of sp³-hybridized carbons (Fsp3) is 0.308. The first-order valence-electron chi connectivity index (χ1n) is 5.78. The van der Waals surface area contributed by atoms with Gasteiger partial charge in [-0.2, -0.15) is 0 Å². The predicted molar refractivity (Wildman–Crippen MR) is 64.7 cm³/mol. The Morgan fingerprint density at radius 1 is 1.41 bits per heavy atom. The number of aromatic nitrogens is 1. The van der Waals surface area contributed by atoms with Crippen molar-refractivity contribution in [2.45, 2.75) is 25.9 Å². The molecule has 0 atom stereocenters. The van der Waals surface area contributed by atoms with Gasteiger partial charge >= 0.3 is 6.09 Å². The maximum absolute atomic E-state index is 10.6. The zero-order valence-electron chi connectivity index (χ0n) is 9.45. The van der Waals surface area contributed by atoms with Gasteiger partial charge in [0.05, 0.1) is 0 Å². The van der Waals surface area contributed by atoms with E-state index in [4.69, 9.17) is 10.5 Å². The van der Waals surface area contributed by atoms with Crippen molar-refractivity contribution in [3.05, 3.63) is 35.0 Å². The molecule has 0 bridgehead atoms. The van der Waals surface area contributed by atoms with Crippen LogP contribution in [0, 0.1) is 0 Å². The van der Waals surface area contributed by atoms with Gasteiger partial charge in [-0.1, -0.05) is 6.07 Å². The van der Waals surface area contributed by atoms with E-state index in [1.807, 2.05) is 12.1 Å². The van der Waals surface area contributed by atoms with Gasteiger partial charge in [0.1, 0.15) is 6.61 Å². The van der Waals surface area contributed by atoms with Gasteiger partial charge in [-0.05, 0) is 42.5 Å². The maximum atomic E-state index is 10.6. The molecule has 2 aromatic rings. The van der Waals surface area contributed by atoms with Crippen LogP contribution in [0.5, 0.6) is 0 Å². The highest BCUT2D eigenvalue weighted by molar-refractivity contribution is 5.86. The molecule has 88 valence electrons. The van der Waals surface area contributed by atoms with E-state index in [0.717, 1.165) is 23.9 Å². The minimum atomic E-state index is -0.732. The fourth-order valence-electron chi connectivity index (χ4n) is 2.54. The number of ether oxygens (including phenoxy) is 1. The van der Waals surface area contributed by atoms with Crippen LogP contribution >= 0.6 is 0 Å². The number of primary amides is 1. The average Bonchev–Trinajstić information content (AvgIpc) is 2.86. The first kappa shape index (κ1) is 10.2. The highest BCUT2D eigenvalue weighted by Crippen LogP contribution is 2.30. The molecule has 0 radical (unpaired) electrons. The van der Waals surface area contributed by atoms with Crippen LogP contribution in [0.2, 0.25) is 0 Å². The van der Waals surface area contributed by atoms with E-state index in [0.29, 0.717) is 0 Å². The third-order valence-electron chi connectivity index (χ3n) is 3.29. The SMILES string of the molecule is NC(=O)OCc1ccc2[nH]c3c(c2c1)CCC3. The molecular weight excluding hydrogens is 216 g/mol. The number of carbonyl (C=O) groups is 1. The van der Waals surface area contributed by atoms with E-state index in [1.165, 1.54) is 23.1 Å². The van der Waals surface area contributed by atoms with Crippen LogP contribution in [-0.2, 0) is 24.2 Å². The van der Waals surface area contributed by atoms with Gasteiger partial charge in [-0.15, -0.1) is 0 Å². The smallest absolute Gasteiger partial charge is 0.404 e. The number of fused-ring (bicyclic) bond motifs is 3. The fourth-order valence-corrected chi connectivity index (χ4v) is 2.54. The minimum Gasteiger partial charge on any atom is -0.445 e. The number of aryl methyl sites for hydroxylation is 2. The number of hydrogen-bond acceptors (Lipinski definition) is 2. The topological polar surface area (TPSA) is 68.1 Å². The van der Waals surface area contributed by atoms with E-state index < -0.39 is 6.09 Å². The Kier molecular flexibility index (Phi) is 2.28. The van der Waals surface area contributed by atoms with E-state index >= 15 is 0 Å². The molecule has 4 nitrogen and oxygen atoms in total. The average molecular weight is 230 g/mol. The molecular formula is C13H14N2O2. The van der Waals surface area contributed by atoms with Crippen molar-refractivity contribution in [2.24, 2.45) is 5.73 Å². The molecule has 1 aromatic carbocycles. The van der Waals surface area contributed by atoms with Crippen molar-refractivity contribution in [3.63, 3.8) is 0 Å². The van der Waals surface area contributed by atoms with Crippen molar-refractivity contribution >= 4 is 17.0 Å². The molecule has 3 rings (SSSR count). The highest BCUT2D eigenvalue weighted by atomic mass is 16.5. The van der Waals surface area contributed by atoms with Crippen molar-refractivity contribution in [1.29, 1.82) is 0 Å². The number of hydrogen-bond donors (Lipinski definition) is 2. The van der Waals surface area contributed by atoms with Crippen molar-refractivity contribution in [2.75, 3.05) is 0 Å². The monoisotopic (exact) mass is 230 g/mol. The van der Waals surface area contributed by atoms with E-state index in [1.54, 1.807) is 0 Å². The zero-order chi connectivity index (χ0) is 11.8. The number of nitrogens with one attached hydrogen (secondary N) is 1. The summed E-state index contributed by atoms with van der Waals surface area (Å²) >= 11 is 0. The first-order chi connectivity index (χ1) is 8.24. The number of carbonyl (C=O) groups excluding carboxylic acids is 1. The molecule has 1 heterocycles. The van der Waals surface area contributed by atoms with E-state index in [2.05, 4.69) is 11.1 Å². The van der Waals surface area contributed by atoms with Crippen LogP contribution in [-0.4, -0.2) is 11.1 Å². The molecule has 1 aromatic heterocycles. The Morgan fingerprint density at radius 3 is 3.12 bits per heavy atom. The second kappa shape index (κ2) is 3.80. The Bertz CT molecular complexity index is 586. The molecule has 4 heteroatoms. The van der Waals surface area contributed by atoms with Crippen LogP contribution in [0.15, 0.2) is 18.2 Å². The second-order valence-corrected chi connectivity index (χ2v) is 4.42. The Morgan fingerprint density at radius 2 is 2.29 bits per heavy atom. The summed E-state index contributed by atoms with van der Waals surface area (Å²) in [4.78, 5) is 14.0. The maximum Gasteiger partial charge on any atom is 0.404 e.